The van der Waals surface area contributed by atoms with Crippen LogP contribution in [-0.4, -0.2) is 46.6 Å². The van der Waals surface area contributed by atoms with Gasteiger partial charge in [-0.1, -0.05) is 42.1 Å². The molecule has 4 rings (SSSR count). The summed E-state index contributed by atoms with van der Waals surface area (Å²) in [5, 5.41) is 14.1. The van der Waals surface area contributed by atoms with E-state index in [0.717, 1.165) is 11.3 Å². The number of amides is 1. The summed E-state index contributed by atoms with van der Waals surface area (Å²) in [7, 11) is 4.75. The molecule has 0 saturated carbocycles. The summed E-state index contributed by atoms with van der Waals surface area (Å²) in [6.07, 6.45) is -0.362. The van der Waals surface area contributed by atoms with Gasteiger partial charge >= 0.3 is 5.97 Å². The molecular formula is C26H26N4O5S2. The van der Waals surface area contributed by atoms with E-state index in [1.54, 1.807) is 11.7 Å². The maximum atomic E-state index is 12.8. The van der Waals surface area contributed by atoms with Crippen molar-refractivity contribution in [3.8, 4) is 22.6 Å². The summed E-state index contributed by atoms with van der Waals surface area (Å²) in [6, 6.07) is 16.8. The van der Waals surface area contributed by atoms with Crippen LogP contribution >= 0.6 is 23.1 Å². The molecule has 1 atom stereocenters. The summed E-state index contributed by atoms with van der Waals surface area (Å²) >= 11 is 2.52. The summed E-state index contributed by atoms with van der Waals surface area (Å²) in [5.41, 5.74) is 1.92. The van der Waals surface area contributed by atoms with Crippen LogP contribution in [0.25, 0.3) is 11.1 Å². The number of benzene rings is 2. The lowest BCUT2D eigenvalue weighted by molar-refractivity contribution is -0.113. The van der Waals surface area contributed by atoms with Gasteiger partial charge in [0, 0.05) is 18.0 Å². The van der Waals surface area contributed by atoms with Gasteiger partial charge in [0.25, 0.3) is 0 Å². The molecule has 0 fully saturated rings. The van der Waals surface area contributed by atoms with Crippen LogP contribution in [0.5, 0.6) is 11.5 Å². The van der Waals surface area contributed by atoms with E-state index in [1.165, 1.54) is 30.2 Å². The average Bonchev–Trinajstić information content (AvgIpc) is 3.51. The van der Waals surface area contributed by atoms with E-state index >= 15 is 0 Å². The van der Waals surface area contributed by atoms with Crippen LogP contribution in [0, 0.1) is 0 Å². The summed E-state index contributed by atoms with van der Waals surface area (Å²) in [6.45, 7) is 1.88. The van der Waals surface area contributed by atoms with E-state index in [4.69, 9.17) is 14.2 Å². The van der Waals surface area contributed by atoms with Crippen LogP contribution < -0.4 is 14.8 Å². The normalized spacial score (nSPS) is 11.6. The van der Waals surface area contributed by atoms with Crippen LogP contribution in [0.3, 0.4) is 0 Å². The number of ether oxygens (including phenoxy) is 3. The number of hydrogen-bond donors (Lipinski definition) is 1. The lowest BCUT2D eigenvalue weighted by atomic mass is 10.0. The Labute approximate surface area is 222 Å². The topological polar surface area (TPSA) is 105 Å². The first kappa shape index (κ1) is 26.2. The van der Waals surface area contributed by atoms with Gasteiger partial charge in [-0.15, -0.1) is 21.5 Å². The van der Waals surface area contributed by atoms with Crippen molar-refractivity contribution in [3.05, 3.63) is 71.4 Å². The highest BCUT2D eigenvalue weighted by Gasteiger charge is 2.23. The second-order valence-corrected chi connectivity index (χ2v) is 9.71. The van der Waals surface area contributed by atoms with Crippen molar-refractivity contribution >= 4 is 40.0 Å². The highest BCUT2D eigenvalue weighted by molar-refractivity contribution is 7.99. The molecule has 0 aliphatic heterocycles. The molecule has 11 heteroatoms. The molecule has 4 aromatic rings. The van der Waals surface area contributed by atoms with Gasteiger partial charge in [-0.2, -0.15) is 0 Å². The summed E-state index contributed by atoms with van der Waals surface area (Å²) < 4.78 is 17.9. The third-order valence-corrected chi connectivity index (χ3v) is 7.37. The lowest BCUT2D eigenvalue weighted by Gasteiger charge is -2.14. The number of nitrogens with zero attached hydrogens (tertiary/aromatic N) is 3. The molecule has 9 nitrogen and oxygen atoms in total. The number of carbonyl (C=O) groups excluding carboxylic acids is 2. The highest BCUT2D eigenvalue weighted by atomic mass is 32.2. The van der Waals surface area contributed by atoms with E-state index in [1.807, 2.05) is 73.9 Å². The SMILES string of the molecule is COC(=O)c1c(-c2ccccc2)csc1NC(=O)CSc1nnc(C(C)Oc2ccc(OC)cc2)n1C. The monoisotopic (exact) mass is 538 g/mol. The van der Waals surface area contributed by atoms with Crippen LogP contribution in [0.2, 0.25) is 0 Å². The van der Waals surface area contributed by atoms with Crippen molar-refractivity contribution in [1.82, 2.24) is 14.8 Å². The van der Waals surface area contributed by atoms with Crippen molar-refractivity contribution in [2.75, 3.05) is 25.3 Å². The van der Waals surface area contributed by atoms with Crippen LogP contribution in [-0.2, 0) is 16.6 Å². The minimum absolute atomic E-state index is 0.0822. The zero-order chi connectivity index (χ0) is 26.4. The number of thioether (sulfide) groups is 1. The van der Waals surface area contributed by atoms with Gasteiger partial charge < -0.3 is 24.1 Å². The maximum absolute atomic E-state index is 12.8. The Morgan fingerprint density at radius 2 is 1.76 bits per heavy atom. The fraction of sp³-hybridized carbons (Fsp3) is 0.231. The van der Waals surface area contributed by atoms with E-state index in [-0.39, 0.29) is 17.8 Å². The molecule has 1 unspecified atom stereocenters. The quantitative estimate of drug-likeness (QED) is 0.217. The largest absolute Gasteiger partial charge is 0.497 e. The Hall–Kier alpha value is -3.83. The van der Waals surface area contributed by atoms with Gasteiger partial charge in [0.2, 0.25) is 5.91 Å². The number of carbonyl (C=O) groups is 2. The molecule has 37 heavy (non-hydrogen) atoms. The molecule has 2 heterocycles. The molecular weight excluding hydrogens is 512 g/mol. The molecule has 192 valence electrons. The average molecular weight is 539 g/mol. The number of nitrogens with one attached hydrogen (secondary N) is 1. The first-order valence-electron chi connectivity index (χ1n) is 11.3. The predicted octanol–water partition coefficient (Wildman–Crippen LogP) is 5.21. The van der Waals surface area contributed by atoms with E-state index in [2.05, 4.69) is 15.5 Å². The van der Waals surface area contributed by atoms with Crippen molar-refractivity contribution in [1.29, 1.82) is 0 Å². The lowest BCUT2D eigenvalue weighted by Crippen LogP contribution is -2.16. The smallest absolute Gasteiger partial charge is 0.341 e. The molecule has 1 amide bonds. The number of aromatic nitrogens is 3. The number of esters is 1. The molecule has 0 aliphatic carbocycles. The molecule has 0 aliphatic rings. The molecule has 0 spiro atoms. The van der Waals surface area contributed by atoms with E-state index in [9.17, 15) is 9.59 Å². The van der Waals surface area contributed by atoms with Gasteiger partial charge in [-0.05, 0) is 36.8 Å². The van der Waals surface area contributed by atoms with Crippen molar-refractivity contribution < 1.29 is 23.8 Å². The third kappa shape index (κ3) is 6.12. The zero-order valence-electron chi connectivity index (χ0n) is 20.8. The Balaban J connectivity index is 1.40. The Kier molecular flexibility index (Phi) is 8.47. The van der Waals surface area contributed by atoms with E-state index in [0.29, 0.717) is 32.9 Å². The van der Waals surface area contributed by atoms with Gasteiger partial charge in [0.05, 0.1) is 20.0 Å². The maximum Gasteiger partial charge on any atom is 0.341 e. The number of hydrogen-bond acceptors (Lipinski definition) is 9. The van der Waals surface area contributed by atoms with Gasteiger partial charge in [0.15, 0.2) is 17.1 Å². The standard InChI is InChI=1S/C26H26N4O5S2/c1-16(35-19-12-10-18(33-3)11-13-19)23-28-29-26(30(23)2)37-15-21(31)27-24-22(25(32)34-4)20(14-36-24)17-8-6-5-7-9-17/h5-14,16H,15H2,1-4H3,(H,27,31). The van der Waals surface area contributed by atoms with Crippen LogP contribution in [0.1, 0.15) is 29.2 Å². The molecule has 2 aromatic carbocycles. The van der Waals surface area contributed by atoms with Gasteiger partial charge in [0.1, 0.15) is 22.1 Å². The molecule has 0 saturated heterocycles. The summed E-state index contributed by atoms with van der Waals surface area (Å²) in [5.74, 6) is 1.34. The molecule has 2 aromatic heterocycles. The van der Waals surface area contributed by atoms with Crippen LogP contribution in [0.15, 0.2) is 65.1 Å². The first-order chi connectivity index (χ1) is 17.9. The third-order valence-electron chi connectivity index (χ3n) is 5.46. The van der Waals surface area contributed by atoms with Crippen molar-refractivity contribution in [2.45, 2.75) is 18.2 Å². The first-order valence-corrected chi connectivity index (χ1v) is 13.2. The van der Waals surface area contributed by atoms with Gasteiger partial charge in [-0.3, -0.25) is 4.79 Å². The molecule has 0 bridgehead atoms. The minimum atomic E-state index is -0.508. The second kappa shape index (κ2) is 11.9. The Morgan fingerprint density at radius 1 is 1.05 bits per heavy atom. The van der Waals surface area contributed by atoms with Crippen LogP contribution in [0.4, 0.5) is 5.00 Å². The van der Waals surface area contributed by atoms with E-state index < -0.39 is 5.97 Å². The Bertz CT molecular complexity index is 1370. The fourth-order valence-electron chi connectivity index (χ4n) is 3.59. The van der Waals surface area contributed by atoms with Gasteiger partial charge in [-0.25, -0.2) is 4.79 Å². The number of rotatable bonds is 10. The Morgan fingerprint density at radius 3 is 2.43 bits per heavy atom. The molecule has 0 radical (unpaired) electrons. The highest BCUT2D eigenvalue weighted by Crippen LogP contribution is 2.36. The van der Waals surface area contributed by atoms with Crippen molar-refractivity contribution in [2.24, 2.45) is 7.05 Å². The second-order valence-electron chi connectivity index (χ2n) is 7.88. The molecule has 1 N–H and O–H groups in total. The summed E-state index contributed by atoms with van der Waals surface area (Å²) in [4.78, 5) is 25.3. The minimum Gasteiger partial charge on any atom is -0.497 e. The predicted molar refractivity (Wildman–Crippen MR) is 143 cm³/mol. The van der Waals surface area contributed by atoms with Crippen molar-refractivity contribution in [3.63, 3.8) is 0 Å². The fourth-order valence-corrected chi connectivity index (χ4v) is 5.29. The number of thiophene rings is 1. The number of methoxy groups -OCH3 is 2. The number of anilines is 1. The zero-order valence-corrected chi connectivity index (χ0v) is 22.4.